The number of aromatic amines is 1. The van der Waals surface area contributed by atoms with Crippen LogP contribution in [0.2, 0.25) is 0 Å². The highest BCUT2D eigenvalue weighted by molar-refractivity contribution is 5.67. The molecular formula is C11H12N4O2. The highest BCUT2D eigenvalue weighted by Crippen LogP contribution is 2.26. The van der Waals surface area contributed by atoms with Gasteiger partial charge in [-0.3, -0.25) is 10.1 Å². The van der Waals surface area contributed by atoms with Gasteiger partial charge in [-0.25, -0.2) is 4.98 Å². The molecule has 0 unspecified atom stereocenters. The number of H-pyrrole nitrogens is 1. The standard InChI is InChI=1S/C11H12N4O2/c1-12-6-8-7-13-11(14-8)9-4-2-3-5-10(9)15(16)17/h2-5,7,12H,6H2,1H3,(H,13,14). The molecule has 0 amide bonds. The molecule has 0 radical (unpaired) electrons. The number of nitro benzene ring substituents is 1. The predicted molar refractivity (Wildman–Crippen MR) is 63.4 cm³/mol. The SMILES string of the molecule is CNCc1cnc(-c2ccccc2[N+](=O)[O-])[nH]1. The van der Waals surface area contributed by atoms with Crippen LogP contribution in [-0.4, -0.2) is 21.9 Å². The Morgan fingerprint density at radius 2 is 2.24 bits per heavy atom. The minimum Gasteiger partial charge on any atom is -0.341 e. The average molecular weight is 232 g/mol. The van der Waals surface area contributed by atoms with Crippen molar-refractivity contribution in [3.05, 3.63) is 46.3 Å². The van der Waals surface area contributed by atoms with E-state index in [1.54, 1.807) is 24.4 Å². The van der Waals surface area contributed by atoms with Gasteiger partial charge in [0.2, 0.25) is 0 Å². The first-order valence-electron chi connectivity index (χ1n) is 5.14. The number of nitrogens with one attached hydrogen (secondary N) is 2. The van der Waals surface area contributed by atoms with Crippen molar-refractivity contribution in [2.45, 2.75) is 6.54 Å². The highest BCUT2D eigenvalue weighted by Gasteiger charge is 2.16. The Labute approximate surface area is 97.9 Å². The molecule has 0 atom stereocenters. The van der Waals surface area contributed by atoms with Crippen LogP contribution in [0.3, 0.4) is 0 Å². The molecule has 88 valence electrons. The van der Waals surface area contributed by atoms with E-state index in [1.807, 2.05) is 7.05 Å². The second kappa shape index (κ2) is 4.75. The third-order valence-corrected chi connectivity index (χ3v) is 2.35. The third kappa shape index (κ3) is 2.31. The molecule has 0 fully saturated rings. The zero-order chi connectivity index (χ0) is 12.3. The fourth-order valence-electron chi connectivity index (χ4n) is 1.61. The lowest BCUT2D eigenvalue weighted by Gasteiger charge is -1.99. The summed E-state index contributed by atoms with van der Waals surface area (Å²) in [7, 11) is 1.82. The molecule has 6 nitrogen and oxygen atoms in total. The largest absolute Gasteiger partial charge is 0.341 e. The van der Waals surface area contributed by atoms with E-state index in [9.17, 15) is 10.1 Å². The number of hydrogen-bond donors (Lipinski definition) is 2. The number of nitrogens with zero attached hydrogens (tertiary/aromatic N) is 2. The van der Waals surface area contributed by atoms with Crippen LogP contribution < -0.4 is 5.32 Å². The fourth-order valence-corrected chi connectivity index (χ4v) is 1.61. The molecule has 0 aliphatic rings. The molecule has 2 N–H and O–H groups in total. The first-order chi connectivity index (χ1) is 8.22. The number of imidazole rings is 1. The smallest absolute Gasteiger partial charge is 0.280 e. The van der Waals surface area contributed by atoms with Crippen molar-refractivity contribution in [1.82, 2.24) is 15.3 Å². The van der Waals surface area contributed by atoms with Crippen LogP contribution in [0.4, 0.5) is 5.69 Å². The second-order valence-electron chi connectivity index (χ2n) is 3.56. The highest BCUT2D eigenvalue weighted by atomic mass is 16.6. The summed E-state index contributed by atoms with van der Waals surface area (Å²) in [6, 6.07) is 6.54. The third-order valence-electron chi connectivity index (χ3n) is 2.35. The predicted octanol–water partition coefficient (Wildman–Crippen LogP) is 1.70. The molecule has 0 saturated heterocycles. The van der Waals surface area contributed by atoms with Gasteiger partial charge in [-0.05, 0) is 13.1 Å². The van der Waals surface area contributed by atoms with Crippen molar-refractivity contribution in [3.8, 4) is 11.4 Å². The fraction of sp³-hybridized carbons (Fsp3) is 0.182. The van der Waals surface area contributed by atoms with E-state index < -0.39 is 4.92 Å². The van der Waals surface area contributed by atoms with Gasteiger partial charge in [0.15, 0.2) is 0 Å². The minimum absolute atomic E-state index is 0.0536. The maximum Gasteiger partial charge on any atom is 0.280 e. The second-order valence-corrected chi connectivity index (χ2v) is 3.56. The molecule has 6 heteroatoms. The van der Waals surface area contributed by atoms with Gasteiger partial charge in [0, 0.05) is 24.5 Å². The van der Waals surface area contributed by atoms with Gasteiger partial charge in [0.05, 0.1) is 10.5 Å². The number of para-hydroxylation sites is 1. The Balaban J connectivity index is 2.41. The molecule has 0 bridgehead atoms. The molecule has 0 spiro atoms. The van der Waals surface area contributed by atoms with Gasteiger partial charge < -0.3 is 10.3 Å². The van der Waals surface area contributed by atoms with E-state index in [2.05, 4.69) is 15.3 Å². The summed E-state index contributed by atoms with van der Waals surface area (Å²) in [4.78, 5) is 17.7. The minimum atomic E-state index is -0.407. The molecule has 1 aromatic heterocycles. The summed E-state index contributed by atoms with van der Waals surface area (Å²) in [5.41, 5.74) is 1.44. The Bertz CT molecular complexity index is 536. The van der Waals surface area contributed by atoms with Crippen LogP contribution in [0.5, 0.6) is 0 Å². The van der Waals surface area contributed by atoms with Gasteiger partial charge in [-0.2, -0.15) is 0 Å². The van der Waals surface area contributed by atoms with E-state index in [-0.39, 0.29) is 5.69 Å². The van der Waals surface area contributed by atoms with E-state index in [1.165, 1.54) is 6.07 Å². The van der Waals surface area contributed by atoms with E-state index in [0.717, 1.165) is 5.69 Å². The monoisotopic (exact) mass is 232 g/mol. The molecule has 17 heavy (non-hydrogen) atoms. The zero-order valence-electron chi connectivity index (χ0n) is 9.30. The van der Waals surface area contributed by atoms with Gasteiger partial charge in [0.1, 0.15) is 5.82 Å². The van der Waals surface area contributed by atoms with Crippen molar-refractivity contribution in [1.29, 1.82) is 0 Å². The Hall–Kier alpha value is -2.21. The zero-order valence-corrected chi connectivity index (χ0v) is 9.30. The molecule has 1 aromatic carbocycles. The van der Waals surface area contributed by atoms with Crippen molar-refractivity contribution in [2.75, 3.05) is 7.05 Å². The Kier molecular flexibility index (Phi) is 3.15. The molecule has 2 rings (SSSR count). The maximum absolute atomic E-state index is 10.9. The van der Waals surface area contributed by atoms with Gasteiger partial charge in [0.25, 0.3) is 5.69 Å². The molecule has 0 aliphatic carbocycles. The van der Waals surface area contributed by atoms with Crippen LogP contribution in [-0.2, 0) is 6.54 Å². The summed E-state index contributed by atoms with van der Waals surface area (Å²) in [6.07, 6.45) is 1.67. The number of nitro groups is 1. The molecule has 0 saturated carbocycles. The summed E-state index contributed by atoms with van der Waals surface area (Å²) < 4.78 is 0. The molecule has 0 aliphatic heterocycles. The van der Waals surface area contributed by atoms with Crippen LogP contribution in [0.1, 0.15) is 5.69 Å². The van der Waals surface area contributed by atoms with Crippen molar-refractivity contribution in [2.24, 2.45) is 0 Å². The summed E-state index contributed by atoms with van der Waals surface area (Å²) in [5, 5.41) is 13.9. The number of hydrogen-bond acceptors (Lipinski definition) is 4. The van der Waals surface area contributed by atoms with Crippen LogP contribution >= 0.6 is 0 Å². The number of benzene rings is 1. The topological polar surface area (TPSA) is 83.8 Å². The normalized spacial score (nSPS) is 10.4. The quantitative estimate of drug-likeness (QED) is 0.620. The van der Waals surface area contributed by atoms with E-state index in [0.29, 0.717) is 17.9 Å². The van der Waals surface area contributed by atoms with Crippen LogP contribution in [0, 0.1) is 10.1 Å². The lowest BCUT2D eigenvalue weighted by molar-refractivity contribution is -0.384. The van der Waals surface area contributed by atoms with Crippen LogP contribution in [0.15, 0.2) is 30.5 Å². The first kappa shape index (κ1) is 11.3. The van der Waals surface area contributed by atoms with Crippen molar-refractivity contribution < 1.29 is 4.92 Å². The van der Waals surface area contributed by atoms with Crippen molar-refractivity contribution >= 4 is 5.69 Å². The Morgan fingerprint density at radius 3 is 2.94 bits per heavy atom. The summed E-state index contributed by atoms with van der Waals surface area (Å²) in [5.74, 6) is 0.516. The Morgan fingerprint density at radius 1 is 1.47 bits per heavy atom. The van der Waals surface area contributed by atoms with Crippen molar-refractivity contribution in [3.63, 3.8) is 0 Å². The average Bonchev–Trinajstić information content (AvgIpc) is 2.78. The lowest BCUT2D eigenvalue weighted by atomic mass is 10.2. The van der Waals surface area contributed by atoms with Gasteiger partial charge >= 0.3 is 0 Å². The molecule has 1 heterocycles. The number of aromatic nitrogens is 2. The summed E-state index contributed by atoms with van der Waals surface area (Å²) in [6.45, 7) is 0.646. The molecule has 2 aromatic rings. The van der Waals surface area contributed by atoms with E-state index in [4.69, 9.17) is 0 Å². The lowest BCUT2D eigenvalue weighted by Crippen LogP contribution is -2.04. The van der Waals surface area contributed by atoms with E-state index >= 15 is 0 Å². The van der Waals surface area contributed by atoms with Crippen LogP contribution in [0.25, 0.3) is 11.4 Å². The van der Waals surface area contributed by atoms with Gasteiger partial charge in [-0.1, -0.05) is 12.1 Å². The maximum atomic E-state index is 10.9. The number of rotatable bonds is 4. The summed E-state index contributed by atoms with van der Waals surface area (Å²) >= 11 is 0. The first-order valence-corrected chi connectivity index (χ1v) is 5.14. The van der Waals surface area contributed by atoms with Gasteiger partial charge in [-0.15, -0.1) is 0 Å². The molecular weight excluding hydrogens is 220 g/mol.